The van der Waals surface area contributed by atoms with Crippen molar-refractivity contribution in [3.05, 3.63) is 29.6 Å². The van der Waals surface area contributed by atoms with Crippen LogP contribution in [0.5, 0.6) is 5.75 Å². The first-order valence-electron chi connectivity index (χ1n) is 10.9. The highest BCUT2D eigenvalue weighted by molar-refractivity contribution is 5.80. The Morgan fingerprint density at radius 1 is 1.38 bits per heavy atom. The fourth-order valence-electron chi connectivity index (χ4n) is 4.10. The average molecular weight is 405 g/mol. The fourth-order valence-corrected chi connectivity index (χ4v) is 4.10. The first kappa shape index (κ1) is 20.4. The minimum atomic E-state index is -0.310. The number of nitrogens with zero attached hydrogens (tertiary/aromatic N) is 2. The molecule has 2 saturated heterocycles. The Morgan fingerprint density at radius 2 is 2.24 bits per heavy atom. The van der Waals surface area contributed by atoms with Gasteiger partial charge in [-0.15, -0.1) is 0 Å². The molecule has 4 rings (SSSR count). The maximum Gasteiger partial charge on any atom is 0.191 e. The van der Waals surface area contributed by atoms with Crippen molar-refractivity contribution in [2.75, 3.05) is 39.9 Å². The molecule has 3 atom stereocenters. The summed E-state index contributed by atoms with van der Waals surface area (Å²) in [5.41, 5.74) is 0.859. The molecule has 6 nitrogen and oxygen atoms in total. The number of benzene rings is 1. The number of aliphatic imine (C=N–C) groups is 1. The minimum absolute atomic E-state index is 0.0802. The number of guanidine groups is 1. The van der Waals surface area contributed by atoms with E-state index in [0.717, 1.165) is 18.7 Å². The van der Waals surface area contributed by atoms with Crippen molar-refractivity contribution in [1.82, 2.24) is 15.5 Å². The van der Waals surface area contributed by atoms with Gasteiger partial charge in [0.2, 0.25) is 0 Å². The zero-order chi connectivity index (χ0) is 20.2. The van der Waals surface area contributed by atoms with E-state index < -0.39 is 0 Å². The third kappa shape index (κ3) is 5.39. The summed E-state index contributed by atoms with van der Waals surface area (Å²) in [6.45, 7) is 6.29. The molecule has 0 radical (unpaired) electrons. The summed E-state index contributed by atoms with van der Waals surface area (Å²) in [6.07, 6.45) is 5.07. The Bertz CT molecular complexity index is 725. The molecule has 2 aliphatic heterocycles. The molecule has 7 heteroatoms. The Labute approximate surface area is 172 Å². The van der Waals surface area contributed by atoms with Gasteiger partial charge in [0.05, 0.1) is 25.4 Å². The van der Waals surface area contributed by atoms with E-state index in [4.69, 9.17) is 9.47 Å². The summed E-state index contributed by atoms with van der Waals surface area (Å²) < 4.78 is 26.0. The lowest BCUT2D eigenvalue weighted by Crippen LogP contribution is -2.51. The molecule has 2 N–H and O–H groups in total. The van der Waals surface area contributed by atoms with Crippen molar-refractivity contribution >= 4 is 5.96 Å². The van der Waals surface area contributed by atoms with Crippen LogP contribution in [0.25, 0.3) is 0 Å². The standard InChI is InChI=1S/C22H33FN4O2/c1-15(17-7-8-21(20(23)10-17)29-13-16-5-6-16)26-22(24-2)25-11-19-12-27-9-3-4-18(27)14-28-19/h7-8,10,15-16,18-19H,3-6,9,11-14H2,1-2H3,(H2,24,25,26). The zero-order valence-electron chi connectivity index (χ0n) is 17.5. The van der Waals surface area contributed by atoms with E-state index in [9.17, 15) is 4.39 Å². The molecule has 1 aromatic carbocycles. The lowest BCUT2D eigenvalue weighted by atomic mass is 10.1. The van der Waals surface area contributed by atoms with Gasteiger partial charge in [-0.3, -0.25) is 9.89 Å². The van der Waals surface area contributed by atoms with Crippen LogP contribution in [0.4, 0.5) is 4.39 Å². The molecule has 160 valence electrons. The minimum Gasteiger partial charge on any atom is -0.490 e. The van der Waals surface area contributed by atoms with Gasteiger partial charge in [0, 0.05) is 26.2 Å². The topological polar surface area (TPSA) is 58.1 Å². The summed E-state index contributed by atoms with van der Waals surface area (Å²) in [6, 6.07) is 5.71. The lowest BCUT2D eigenvalue weighted by Gasteiger charge is -2.35. The van der Waals surface area contributed by atoms with Gasteiger partial charge >= 0.3 is 0 Å². The second-order valence-corrected chi connectivity index (χ2v) is 8.51. The van der Waals surface area contributed by atoms with Gasteiger partial charge in [0.1, 0.15) is 0 Å². The van der Waals surface area contributed by atoms with Crippen LogP contribution < -0.4 is 15.4 Å². The van der Waals surface area contributed by atoms with Crippen molar-refractivity contribution in [1.29, 1.82) is 0 Å². The van der Waals surface area contributed by atoms with Gasteiger partial charge in [-0.25, -0.2) is 4.39 Å². The molecule has 3 aliphatic rings. The van der Waals surface area contributed by atoms with E-state index in [1.807, 2.05) is 13.0 Å². The van der Waals surface area contributed by atoms with Crippen LogP contribution in [-0.4, -0.2) is 62.9 Å². The molecule has 1 aromatic rings. The van der Waals surface area contributed by atoms with Gasteiger partial charge in [-0.05, 0) is 62.8 Å². The number of hydrogen-bond donors (Lipinski definition) is 2. The second-order valence-electron chi connectivity index (χ2n) is 8.51. The molecular formula is C22H33FN4O2. The monoisotopic (exact) mass is 404 g/mol. The van der Waals surface area contributed by atoms with Crippen LogP contribution in [0.3, 0.4) is 0 Å². The highest BCUT2D eigenvalue weighted by Gasteiger charge is 2.32. The van der Waals surface area contributed by atoms with Gasteiger partial charge < -0.3 is 20.1 Å². The van der Waals surface area contributed by atoms with Crippen molar-refractivity contribution < 1.29 is 13.9 Å². The number of halogens is 1. The third-order valence-electron chi connectivity index (χ3n) is 6.16. The molecule has 29 heavy (non-hydrogen) atoms. The molecule has 0 aromatic heterocycles. The Morgan fingerprint density at radius 3 is 3.00 bits per heavy atom. The Balaban J connectivity index is 1.26. The maximum atomic E-state index is 14.4. The van der Waals surface area contributed by atoms with Gasteiger partial charge in [0.25, 0.3) is 0 Å². The maximum absolute atomic E-state index is 14.4. The molecule has 1 saturated carbocycles. The van der Waals surface area contributed by atoms with Crippen molar-refractivity contribution in [3.8, 4) is 5.75 Å². The molecule has 0 amide bonds. The van der Waals surface area contributed by atoms with Gasteiger partial charge in [-0.2, -0.15) is 0 Å². The molecule has 1 aliphatic carbocycles. The van der Waals surface area contributed by atoms with E-state index in [-0.39, 0.29) is 18.0 Å². The molecule has 3 fully saturated rings. The van der Waals surface area contributed by atoms with Gasteiger partial charge in [0.15, 0.2) is 17.5 Å². The molecule has 2 heterocycles. The largest absolute Gasteiger partial charge is 0.490 e. The second kappa shape index (κ2) is 9.30. The SMILES string of the molecule is CN=C(NCC1CN2CCCC2CO1)NC(C)c1ccc(OCC2CC2)c(F)c1. The number of fused-ring (bicyclic) bond motifs is 1. The number of nitrogens with one attached hydrogen (secondary N) is 2. The smallest absolute Gasteiger partial charge is 0.191 e. The summed E-state index contributed by atoms with van der Waals surface area (Å²) in [5.74, 6) is 1.33. The van der Waals surface area contributed by atoms with E-state index in [0.29, 0.717) is 36.8 Å². The highest BCUT2D eigenvalue weighted by atomic mass is 19.1. The molecule has 3 unspecified atom stereocenters. The van der Waals surface area contributed by atoms with Crippen molar-refractivity contribution in [2.45, 2.75) is 50.8 Å². The number of morpholine rings is 1. The van der Waals surface area contributed by atoms with Crippen LogP contribution in [0.1, 0.15) is 44.2 Å². The third-order valence-corrected chi connectivity index (χ3v) is 6.16. The predicted octanol–water partition coefficient (Wildman–Crippen LogP) is 2.70. The van der Waals surface area contributed by atoms with E-state index >= 15 is 0 Å². The Hall–Kier alpha value is -1.86. The summed E-state index contributed by atoms with van der Waals surface area (Å²) in [4.78, 5) is 6.84. The zero-order valence-corrected chi connectivity index (χ0v) is 17.5. The first-order chi connectivity index (χ1) is 14.1. The summed E-state index contributed by atoms with van der Waals surface area (Å²) >= 11 is 0. The lowest BCUT2D eigenvalue weighted by molar-refractivity contribution is -0.0453. The fraction of sp³-hybridized carbons (Fsp3) is 0.682. The summed E-state index contributed by atoms with van der Waals surface area (Å²) in [5, 5.41) is 6.69. The van der Waals surface area contributed by atoms with E-state index in [2.05, 4.69) is 20.5 Å². The quantitative estimate of drug-likeness (QED) is 0.541. The van der Waals surface area contributed by atoms with Crippen LogP contribution >= 0.6 is 0 Å². The Kier molecular flexibility index (Phi) is 6.55. The highest BCUT2D eigenvalue weighted by Crippen LogP contribution is 2.30. The summed E-state index contributed by atoms with van der Waals surface area (Å²) in [7, 11) is 1.75. The van der Waals surface area contributed by atoms with Crippen LogP contribution in [-0.2, 0) is 4.74 Å². The molecular weight excluding hydrogens is 371 g/mol. The van der Waals surface area contributed by atoms with E-state index in [1.165, 1.54) is 32.2 Å². The number of ether oxygens (including phenoxy) is 2. The van der Waals surface area contributed by atoms with E-state index in [1.54, 1.807) is 19.2 Å². The predicted molar refractivity (Wildman–Crippen MR) is 112 cm³/mol. The number of rotatable bonds is 7. The normalized spacial score (nSPS) is 26.1. The molecule has 0 bridgehead atoms. The average Bonchev–Trinajstić information content (AvgIpc) is 3.44. The van der Waals surface area contributed by atoms with Crippen molar-refractivity contribution in [3.63, 3.8) is 0 Å². The molecule has 0 spiro atoms. The van der Waals surface area contributed by atoms with Crippen molar-refractivity contribution in [2.24, 2.45) is 10.9 Å². The first-order valence-corrected chi connectivity index (χ1v) is 10.9. The van der Waals surface area contributed by atoms with Crippen LogP contribution in [0, 0.1) is 11.7 Å². The van der Waals surface area contributed by atoms with Crippen LogP contribution in [0.15, 0.2) is 23.2 Å². The van der Waals surface area contributed by atoms with Crippen LogP contribution in [0.2, 0.25) is 0 Å². The van der Waals surface area contributed by atoms with Gasteiger partial charge in [-0.1, -0.05) is 6.07 Å². The number of hydrogen-bond acceptors (Lipinski definition) is 4.